The molecule has 0 unspecified atom stereocenters. The SMILES string of the molecule is O=C(NO)c1ccc(CNC(=O)c2cnc(-n3cccn3)[nH]c2=O)cc1. The Morgan fingerprint density at radius 1 is 1.19 bits per heavy atom. The quantitative estimate of drug-likeness (QED) is 0.375. The monoisotopic (exact) mass is 354 g/mol. The standard InChI is InChI=1S/C16H14N6O4/c23-13(21-26)11-4-2-10(3-5-11)8-17-14(24)12-9-18-16(20-15(12)25)22-7-1-6-19-22/h1-7,9,26H,8H2,(H,17,24)(H,21,23)(H,18,20,25). The maximum absolute atomic E-state index is 12.2. The Labute approximate surface area is 146 Å². The van der Waals surface area contributed by atoms with Gasteiger partial charge in [0.05, 0.1) is 0 Å². The number of aromatic nitrogens is 4. The number of hydrogen-bond acceptors (Lipinski definition) is 6. The molecule has 3 rings (SSSR count). The van der Waals surface area contributed by atoms with Crippen LogP contribution in [0.1, 0.15) is 26.3 Å². The summed E-state index contributed by atoms with van der Waals surface area (Å²) in [5.41, 5.74) is 1.81. The molecule has 10 nitrogen and oxygen atoms in total. The van der Waals surface area contributed by atoms with Crippen molar-refractivity contribution in [2.24, 2.45) is 0 Å². The highest BCUT2D eigenvalue weighted by molar-refractivity contribution is 5.94. The summed E-state index contributed by atoms with van der Waals surface area (Å²) in [6, 6.07) is 7.92. The summed E-state index contributed by atoms with van der Waals surface area (Å²) in [5.74, 6) is -1.01. The van der Waals surface area contributed by atoms with Crippen LogP contribution in [0.25, 0.3) is 5.95 Å². The third kappa shape index (κ3) is 3.65. The summed E-state index contributed by atoms with van der Waals surface area (Å²) >= 11 is 0. The van der Waals surface area contributed by atoms with E-state index in [9.17, 15) is 14.4 Å². The number of aromatic amines is 1. The van der Waals surface area contributed by atoms with Crippen LogP contribution in [0.4, 0.5) is 0 Å². The van der Waals surface area contributed by atoms with Crippen LogP contribution in [0.5, 0.6) is 0 Å². The maximum Gasteiger partial charge on any atom is 0.274 e. The first-order valence-corrected chi connectivity index (χ1v) is 7.49. The predicted octanol–water partition coefficient (Wildman–Crippen LogP) is 0.00460. The van der Waals surface area contributed by atoms with Gasteiger partial charge in [0, 0.05) is 30.7 Å². The molecule has 2 amide bonds. The zero-order valence-electron chi connectivity index (χ0n) is 13.3. The Hall–Kier alpha value is -3.79. The average molecular weight is 354 g/mol. The molecule has 2 heterocycles. The van der Waals surface area contributed by atoms with Crippen LogP contribution in [-0.2, 0) is 6.54 Å². The van der Waals surface area contributed by atoms with Crippen molar-refractivity contribution in [3.8, 4) is 5.95 Å². The second kappa shape index (κ2) is 7.40. The molecule has 10 heteroatoms. The number of carbonyl (C=O) groups is 2. The molecule has 0 saturated carbocycles. The first-order chi connectivity index (χ1) is 12.6. The summed E-state index contributed by atoms with van der Waals surface area (Å²) in [6.45, 7) is 0.153. The Morgan fingerprint density at radius 2 is 1.96 bits per heavy atom. The highest BCUT2D eigenvalue weighted by Crippen LogP contribution is 2.04. The van der Waals surface area contributed by atoms with Crippen LogP contribution in [0.15, 0.2) is 53.7 Å². The van der Waals surface area contributed by atoms with E-state index in [1.165, 1.54) is 34.7 Å². The van der Waals surface area contributed by atoms with Crippen LogP contribution >= 0.6 is 0 Å². The molecule has 0 fully saturated rings. The van der Waals surface area contributed by atoms with Gasteiger partial charge in [-0.05, 0) is 23.8 Å². The number of rotatable bonds is 5. The molecule has 4 N–H and O–H groups in total. The molecule has 0 bridgehead atoms. The number of hydrogen-bond donors (Lipinski definition) is 4. The van der Waals surface area contributed by atoms with E-state index >= 15 is 0 Å². The first kappa shape index (κ1) is 17.0. The third-order valence-electron chi connectivity index (χ3n) is 3.52. The van der Waals surface area contributed by atoms with Gasteiger partial charge in [-0.1, -0.05) is 12.1 Å². The van der Waals surface area contributed by atoms with Crippen LogP contribution in [0.3, 0.4) is 0 Å². The number of carbonyl (C=O) groups excluding carboxylic acids is 2. The molecular formula is C16H14N6O4. The lowest BCUT2D eigenvalue weighted by molar-refractivity contribution is 0.0706. The molecule has 0 spiro atoms. The smallest absolute Gasteiger partial charge is 0.274 e. The minimum atomic E-state index is -0.629. The number of nitrogens with zero attached hydrogens (tertiary/aromatic N) is 3. The fourth-order valence-corrected chi connectivity index (χ4v) is 2.17. The molecule has 0 atom stereocenters. The zero-order valence-corrected chi connectivity index (χ0v) is 13.3. The molecular weight excluding hydrogens is 340 g/mol. The summed E-state index contributed by atoms with van der Waals surface area (Å²) in [4.78, 5) is 42.0. The van der Waals surface area contributed by atoms with E-state index in [2.05, 4.69) is 20.4 Å². The van der Waals surface area contributed by atoms with Gasteiger partial charge < -0.3 is 5.32 Å². The fourth-order valence-electron chi connectivity index (χ4n) is 2.17. The topological polar surface area (TPSA) is 142 Å². The van der Waals surface area contributed by atoms with Crippen molar-refractivity contribution in [2.75, 3.05) is 0 Å². The van der Waals surface area contributed by atoms with Gasteiger partial charge >= 0.3 is 0 Å². The first-order valence-electron chi connectivity index (χ1n) is 7.49. The minimum absolute atomic E-state index is 0.128. The molecule has 2 aromatic heterocycles. The van der Waals surface area contributed by atoms with Crippen molar-refractivity contribution >= 4 is 11.8 Å². The van der Waals surface area contributed by atoms with E-state index < -0.39 is 17.4 Å². The number of nitrogens with one attached hydrogen (secondary N) is 3. The minimum Gasteiger partial charge on any atom is -0.348 e. The molecule has 0 aliphatic rings. The summed E-state index contributed by atoms with van der Waals surface area (Å²) in [6.07, 6.45) is 4.33. The Balaban J connectivity index is 1.67. The molecule has 0 radical (unpaired) electrons. The molecule has 0 aliphatic carbocycles. The van der Waals surface area contributed by atoms with E-state index in [0.29, 0.717) is 5.56 Å². The van der Waals surface area contributed by atoms with Crippen LogP contribution in [0.2, 0.25) is 0 Å². The molecule has 26 heavy (non-hydrogen) atoms. The average Bonchev–Trinajstić information content (AvgIpc) is 3.20. The van der Waals surface area contributed by atoms with Gasteiger partial charge in [-0.15, -0.1) is 0 Å². The summed E-state index contributed by atoms with van der Waals surface area (Å²) < 4.78 is 1.37. The van der Waals surface area contributed by atoms with E-state index in [1.807, 2.05) is 0 Å². The Bertz CT molecular complexity index is 979. The Morgan fingerprint density at radius 3 is 2.58 bits per heavy atom. The second-order valence-electron chi connectivity index (χ2n) is 5.22. The van der Waals surface area contributed by atoms with Crippen molar-refractivity contribution < 1.29 is 14.8 Å². The van der Waals surface area contributed by atoms with Gasteiger partial charge in [0.2, 0.25) is 5.95 Å². The normalized spacial score (nSPS) is 10.3. The maximum atomic E-state index is 12.2. The van der Waals surface area contributed by atoms with Crippen LogP contribution in [0, 0.1) is 0 Å². The largest absolute Gasteiger partial charge is 0.348 e. The zero-order chi connectivity index (χ0) is 18.5. The van der Waals surface area contributed by atoms with Crippen LogP contribution in [-0.4, -0.2) is 36.8 Å². The second-order valence-corrected chi connectivity index (χ2v) is 5.22. The van der Waals surface area contributed by atoms with Crippen molar-refractivity contribution in [1.82, 2.24) is 30.5 Å². The predicted molar refractivity (Wildman–Crippen MR) is 88.8 cm³/mol. The molecule has 3 aromatic rings. The van der Waals surface area contributed by atoms with Gasteiger partial charge in [0.25, 0.3) is 17.4 Å². The van der Waals surface area contributed by atoms with E-state index in [-0.39, 0.29) is 23.6 Å². The van der Waals surface area contributed by atoms with Crippen molar-refractivity contribution in [1.29, 1.82) is 0 Å². The van der Waals surface area contributed by atoms with E-state index in [1.54, 1.807) is 24.4 Å². The number of amides is 2. The van der Waals surface area contributed by atoms with Gasteiger partial charge in [-0.2, -0.15) is 5.10 Å². The summed E-state index contributed by atoms with van der Waals surface area (Å²) in [7, 11) is 0. The van der Waals surface area contributed by atoms with E-state index in [4.69, 9.17) is 5.21 Å². The highest BCUT2D eigenvalue weighted by atomic mass is 16.5. The number of hydroxylamine groups is 1. The van der Waals surface area contributed by atoms with Gasteiger partial charge in [-0.3, -0.25) is 24.6 Å². The lowest BCUT2D eigenvalue weighted by atomic mass is 10.1. The Kier molecular flexibility index (Phi) is 4.85. The highest BCUT2D eigenvalue weighted by Gasteiger charge is 2.12. The van der Waals surface area contributed by atoms with Gasteiger partial charge in [0.15, 0.2) is 0 Å². The molecule has 0 saturated heterocycles. The fraction of sp³-hybridized carbons (Fsp3) is 0.0625. The van der Waals surface area contributed by atoms with Gasteiger partial charge in [-0.25, -0.2) is 15.1 Å². The van der Waals surface area contributed by atoms with Crippen molar-refractivity contribution in [3.05, 3.63) is 76.0 Å². The number of benzene rings is 1. The third-order valence-corrected chi connectivity index (χ3v) is 3.52. The lowest BCUT2D eigenvalue weighted by Crippen LogP contribution is -2.30. The number of H-pyrrole nitrogens is 1. The van der Waals surface area contributed by atoms with Crippen LogP contribution < -0.4 is 16.4 Å². The lowest BCUT2D eigenvalue weighted by Gasteiger charge is -2.06. The molecule has 0 aliphatic heterocycles. The molecule has 132 valence electrons. The van der Waals surface area contributed by atoms with Gasteiger partial charge in [0.1, 0.15) is 5.56 Å². The summed E-state index contributed by atoms with van der Waals surface area (Å²) in [5, 5.41) is 15.1. The molecule has 1 aromatic carbocycles. The van der Waals surface area contributed by atoms with E-state index in [0.717, 1.165) is 0 Å². The van der Waals surface area contributed by atoms with Crippen molar-refractivity contribution in [2.45, 2.75) is 6.54 Å². The van der Waals surface area contributed by atoms with Crippen molar-refractivity contribution in [3.63, 3.8) is 0 Å².